The van der Waals surface area contributed by atoms with Crippen LogP contribution in [0, 0.1) is 0 Å². The summed E-state index contributed by atoms with van der Waals surface area (Å²) in [6.07, 6.45) is -5.70. The van der Waals surface area contributed by atoms with Gasteiger partial charge in [-0.25, -0.2) is 18.5 Å². The summed E-state index contributed by atoms with van der Waals surface area (Å²) in [6, 6.07) is 0.920. The van der Waals surface area contributed by atoms with Crippen molar-refractivity contribution in [2.45, 2.75) is 24.5 Å². The predicted molar refractivity (Wildman–Crippen MR) is 92.8 cm³/mol. The zero-order valence-corrected chi connectivity index (χ0v) is 19.5. The summed E-state index contributed by atoms with van der Waals surface area (Å²) in [4.78, 5) is 59.9. The molecule has 2 rings (SSSR count). The van der Waals surface area contributed by atoms with E-state index in [0.717, 1.165) is 12.3 Å². The number of nitrogens with one attached hydrogen (secondary N) is 1. The van der Waals surface area contributed by atoms with Crippen LogP contribution < -0.4 is 11.2 Å². The van der Waals surface area contributed by atoms with Crippen LogP contribution in [0.1, 0.15) is 6.23 Å². The zero-order chi connectivity index (χ0) is 22.2. The average Bonchev–Trinajstić information content (AvgIpc) is 2.78. The maximum Gasteiger partial charge on any atom is 0.490 e. The summed E-state index contributed by atoms with van der Waals surface area (Å²) in [6.45, 7) is -1.05. The number of phosphoric acid groups is 3. The molecule has 21 heteroatoms. The van der Waals surface area contributed by atoms with E-state index in [-0.39, 0.29) is 29.6 Å². The Morgan fingerprint density at radius 2 is 1.63 bits per heavy atom. The molecule has 2 heterocycles. The van der Waals surface area contributed by atoms with Crippen LogP contribution in [-0.2, 0) is 31.6 Å². The third-order valence-electron chi connectivity index (χ3n) is 3.28. The molecular weight excluding hydrogens is 503 g/mol. The van der Waals surface area contributed by atoms with Crippen LogP contribution in [0.3, 0.4) is 0 Å². The SMILES string of the molecule is O=[13c]1[13cH][13cH][15n]([13C@@H]2O[13C@H]([13CH2]OP(=O)(O)OP(=O)(O)OP(=O)(O)O)[13C@@H](O)[13C@H]2O)[13c](=O)[15nH]1.[Na]. The van der Waals surface area contributed by atoms with Gasteiger partial charge in [-0.15, -0.1) is 0 Å². The first-order valence-electron chi connectivity index (χ1n) is 7.22. The van der Waals surface area contributed by atoms with Gasteiger partial charge in [0, 0.05) is 41.8 Å². The molecule has 0 saturated carbocycles. The molecule has 0 aliphatic carbocycles. The first-order valence-corrected chi connectivity index (χ1v) is 11.7. The van der Waals surface area contributed by atoms with E-state index < -0.39 is 65.9 Å². The molecule has 0 amide bonds. The van der Waals surface area contributed by atoms with Crippen LogP contribution in [0.5, 0.6) is 0 Å². The van der Waals surface area contributed by atoms with E-state index in [2.05, 4.69) is 13.1 Å². The van der Waals surface area contributed by atoms with Gasteiger partial charge in [-0.1, -0.05) is 0 Å². The molecular formula is C9H15N2NaO15P3. The van der Waals surface area contributed by atoms with Crippen molar-refractivity contribution in [3.63, 3.8) is 0 Å². The van der Waals surface area contributed by atoms with Crippen molar-refractivity contribution in [3.8, 4) is 0 Å². The number of aliphatic hydroxyl groups is 2. The molecule has 17 nitrogen and oxygen atoms in total. The third kappa shape index (κ3) is 7.83. The number of rotatable bonds is 8. The number of hydrogen-bond donors (Lipinski definition) is 7. The van der Waals surface area contributed by atoms with Crippen molar-refractivity contribution < 1.29 is 61.4 Å². The predicted octanol–water partition coefficient (Wildman–Crippen LogP) is -2.88. The molecule has 1 aliphatic rings. The number of phosphoric ester groups is 1. The minimum Gasteiger partial charge on any atom is -0.387 e. The van der Waals surface area contributed by atoms with Crippen molar-refractivity contribution >= 4 is 53.0 Å². The van der Waals surface area contributed by atoms with Gasteiger partial charge in [0.15, 0.2) is 6.23 Å². The van der Waals surface area contributed by atoms with E-state index >= 15 is 0 Å². The number of nitrogens with zero attached hydrogens (tertiary/aromatic N) is 1. The summed E-state index contributed by atoms with van der Waals surface area (Å²) in [5, 5.41) is 19.9. The Bertz CT molecular complexity index is 1000. The van der Waals surface area contributed by atoms with Crippen LogP contribution in [0.25, 0.3) is 0 Å². The summed E-state index contributed by atoms with van der Waals surface area (Å²) in [5.74, 6) is 0. The second-order valence-corrected chi connectivity index (χ2v) is 9.87. The van der Waals surface area contributed by atoms with E-state index in [1.807, 2.05) is 4.98 Å². The smallest absolute Gasteiger partial charge is 0.387 e. The molecule has 2 unspecified atom stereocenters. The van der Waals surface area contributed by atoms with Crippen LogP contribution in [0.2, 0.25) is 0 Å². The Labute approximate surface area is 188 Å². The third-order valence-corrected chi connectivity index (χ3v) is 7.08. The van der Waals surface area contributed by atoms with E-state index in [9.17, 15) is 38.4 Å². The fourth-order valence-electron chi connectivity index (χ4n) is 2.20. The average molecular weight is 518 g/mol. The fourth-order valence-corrected chi connectivity index (χ4v) is 5.23. The Hall–Kier alpha value is -0.0300. The molecule has 30 heavy (non-hydrogen) atoms. The molecule has 0 aromatic carbocycles. The molecule has 1 fully saturated rings. The van der Waals surface area contributed by atoms with Gasteiger partial charge in [0.1, 0.15) is 18.3 Å². The molecule has 1 aromatic heterocycles. The topological polar surface area (TPSA) is 264 Å². The van der Waals surface area contributed by atoms with Crippen molar-refractivity contribution in [1.82, 2.24) is 9.55 Å². The second kappa shape index (κ2) is 10.3. The van der Waals surface area contributed by atoms with Crippen molar-refractivity contribution in [1.29, 1.82) is 0 Å². The minimum atomic E-state index is -5.73. The van der Waals surface area contributed by atoms with E-state index in [1.54, 1.807) is 0 Å². The summed E-state index contributed by atoms with van der Waals surface area (Å²) in [5.41, 5.74) is -1.74. The zero-order valence-electron chi connectivity index (χ0n) is 14.8. The Morgan fingerprint density at radius 1 is 1.03 bits per heavy atom. The number of ether oxygens (including phenoxy) is 1. The quantitative estimate of drug-likeness (QED) is 0.104. The summed E-state index contributed by atoms with van der Waals surface area (Å²) >= 11 is 0. The molecule has 0 bridgehead atoms. The van der Waals surface area contributed by atoms with E-state index in [4.69, 9.17) is 19.4 Å². The van der Waals surface area contributed by atoms with E-state index in [0.29, 0.717) is 4.57 Å². The standard InChI is InChI=1S/C9H15N2O15P3.Na/c12-5-1-2-11(9(15)10-5)8-7(14)6(13)4(24-8)3-23-28(19,20)26-29(21,22)25-27(16,17)18;/h1-2,4,6-8,13-14H,3H2,(H,19,20)(H,21,22)(H,10,12,15)(H2,16,17,18);/t4-,6-,7-,8-;/m1./s1/i1+1,2+1,3+1,4+1,5+1,6+1,7+1,8+1,9+1,10+1,11+1;. The van der Waals surface area contributed by atoms with Gasteiger partial charge in [-0.2, -0.15) is 8.62 Å². The van der Waals surface area contributed by atoms with Crippen molar-refractivity contribution in [2.75, 3.05) is 6.61 Å². The fraction of sp³-hybridized carbons (Fsp3) is 0.556. The number of hydrogen-bond acceptors (Lipinski definition) is 11. The van der Waals surface area contributed by atoms with Gasteiger partial charge >= 0.3 is 29.2 Å². The van der Waals surface area contributed by atoms with Gasteiger partial charge in [0.25, 0.3) is 5.56 Å². The first-order chi connectivity index (χ1) is 13.1. The van der Waals surface area contributed by atoms with Crippen LogP contribution in [0.15, 0.2) is 21.9 Å². The molecule has 0 spiro atoms. The largest absolute Gasteiger partial charge is 0.490 e. The van der Waals surface area contributed by atoms with E-state index in [1.165, 1.54) is 0 Å². The summed E-state index contributed by atoms with van der Waals surface area (Å²) in [7, 11) is -16.8. The number of aromatic amines is 1. The molecule has 167 valence electrons. The summed E-state index contributed by atoms with van der Waals surface area (Å²) < 4.78 is 50.6. The maximum atomic E-state index is 11.7. The normalized spacial score (nSPS) is 28.3. The minimum absolute atomic E-state index is 0. The molecule has 1 radical (unpaired) electrons. The van der Waals surface area contributed by atoms with Crippen molar-refractivity contribution in [2.24, 2.45) is 0 Å². The Morgan fingerprint density at radius 3 is 2.17 bits per heavy atom. The number of H-pyrrole nitrogens is 1. The van der Waals surface area contributed by atoms with Gasteiger partial charge in [0.2, 0.25) is 0 Å². The van der Waals surface area contributed by atoms with Crippen LogP contribution in [0.4, 0.5) is 0 Å². The molecule has 6 atom stereocenters. The maximum absolute atomic E-state index is 11.7. The number of aliphatic hydroxyl groups excluding tert-OH is 2. The molecule has 1 aliphatic heterocycles. The molecule has 7 N–H and O–H groups in total. The van der Waals surface area contributed by atoms with Crippen LogP contribution in [-0.4, -0.2) is 93.8 Å². The van der Waals surface area contributed by atoms with Gasteiger partial charge in [0.05, 0.1) is 6.61 Å². The van der Waals surface area contributed by atoms with Gasteiger partial charge in [-0.05, 0) is 0 Å². The van der Waals surface area contributed by atoms with Crippen molar-refractivity contribution in [3.05, 3.63) is 33.1 Å². The number of aromatic nitrogens is 2. The molecule has 1 aromatic rings. The molecule has 1 saturated heterocycles. The monoisotopic (exact) mass is 518 g/mol. The first kappa shape index (κ1) is 28.0. The Balaban J connectivity index is 0.00000450. The van der Waals surface area contributed by atoms with Crippen LogP contribution >= 0.6 is 23.5 Å². The van der Waals surface area contributed by atoms with Gasteiger partial charge < -0.3 is 34.5 Å². The van der Waals surface area contributed by atoms with Gasteiger partial charge in [-0.3, -0.25) is 18.9 Å². The second-order valence-electron chi connectivity index (χ2n) is 5.45. The Kier molecular flexibility index (Phi) is 9.59.